The van der Waals surface area contributed by atoms with E-state index >= 15 is 0 Å². The van der Waals surface area contributed by atoms with Crippen molar-refractivity contribution in [1.29, 1.82) is 0 Å². The number of piperidine rings is 1. The van der Waals surface area contributed by atoms with Crippen molar-refractivity contribution in [3.8, 4) is 11.3 Å². The van der Waals surface area contributed by atoms with Crippen LogP contribution in [-0.2, 0) is 0 Å². The summed E-state index contributed by atoms with van der Waals surface area (Å²) in [6.45, 7) is 4.38. The lowest BCUT2D eigenvalue weighted by Crippen LogP contribution is -2.33. The van der Waals surface area contributed by atoms with Crippen LogP contribution in [0.15, 0.2) is 53.9 Å². The monoisotopic (exact) mass is 378 g/mol. The van der Waals surface area contributed by atoms with Crippen molar-refractivity contribution in [2.24, 2.45) is 5.92 Å². The molecule has 27 heavy (non-hydrogen) atoms. The molecule has 4 rings (SSSR count). The molecular weight excluding hydrogens is 356 g/mol. The second kappa shape index (κ2) is 7.88. The van der Waals surface area contributed by atoms with Gasteiger partial charge in [0.25, 0.3) is 5.91 Å². The van der Waals surface area contributed by atoms with Crippen LogP contribution in [0.5, 0.6) is 0 Å². The maximum absolute atomic E-state index is 12.2. The quantitative estimate of drug-likeness (QED) is 0.715. The van der Waals surface area contributed by atoms with Crippen molar-refractivity contribution < 1.29 is 4.79 Å². The maximum Gasteiger partial charge on any atom is 0.265 e. The molecule has 1 amide bonds. The van der Waals surface area contributed by atoms with Crippen molar-refractivity contribution in [2.45, 2.75) is 19.8 Å². The normalized spacial score (nSPS) is 14.9. The number of aromatic nitrogens is 2. The predicted molar refractivity (Wildman–Crippen MR) is 110 cm³/mol. The Hall–Kier alpha value is -2.73. The molecule has 138 valence electrons. The first kappa shape index (κ1) is 17.7. The van der Waals surface area contributed by atoms with Crippen LogP contribution in [0, 0.1) is 5.92 Å². The highest BCUT2D eigenvalue weighted by Gasteiger charge is 2.17. The molecule has 3 heterocycles. The zero-order chi connectivity index (χ0) is 18.6. The van der Waals surface area contributed by atoms with E-state index in [0.717, 1.165) is 41.8 Å². The molecule has 0 saturated carbocycles. The number of rotatable bonds is 4. The molecule has 1 N–H and O–H groups in total. The number of hydrogen-bond donors (Lipinski definition) is 1. The molecule has 1 aliphatic rings. The molecule has 0 bridgehead atoms. The Morgan fingerprint density at radius 1 is 1.11 bits per heavy atom. The molecule has 3 aromatic rings. The third kappa shape index (κ3) is 4.17. The Morgan fingerprint density at radius 3 is 2.67 bits per heavy atom. The number of anilines is 2. The van der Waals surface area contributed by atoms with Gasteiger partial charge < -0.3 is 10.2 Å². The van der Waals surface area contributed by atoms with Crippen molar-refractivity contribution in [3.63, 3.8) is 0 Å². The fourth-order valence-electron chi connectivity index (χ4n) is 3.24. The smallest absolute Gasteiger partial charge is 0.265 e. The second-order valence-electron chi connectivity index (χ2n) is 6.96. The summed E-state index contributed by atoms with van der Waals surface area (Å²) < 4.78 is 0. The van der Waals surface area contributed by atoms with Crippen molar-refractivity contribution >= 4 is 28.7 Å². The molecule has 5 nitrogen and oxygen atoms in total. The van der Waals surface area contributed by atoms with Gasteiger partial charge in [-0.15, -0.1) is 21.5 Å². The summed E-state index contributed by atoms with van der Waals surface area (Å²) in [7, 11) is 0. The van der Waals surface area contributed by atoms with Gasteiger partial charge in [0.15, 0.2) is 5.82 Å². The van der Waals surface area contributed by atoms with Gasteiger partial charge in [-0.2, -0.15) is 0 Å². The van der Waals surface area contributed by atoms with Gasteiger partial charge in [-0.25, -0.2) is 0 Å². The molecule has 0 spiro atoms. The first-order valence-corrected chi connectivity index (χ1v) is 10.1. The number of carbonyl (C=O) groups excluding carboxylic acids is 1. The van der Waals surface area contributed by atoms with E-state index in [2.05, 4.69) is 27.3 Å². The number of nitrogens with zero attached hydrogens (tertiary/aromatic N) is 3. The minimum atomic E-state index is -0.0945. The highest BCUT2D eigenvalue weighted by Crippen LogP contribution is 2.24. The third-order valence-electron chi connectivity index (χ3n) is 4.92. The van der Waals surface area contributed by atoms with Crippen LogP contribution in [0.2, 0.25) is 0 Å². The van der Waals surface area contributed by atoms with Gasteiger partial charge in [0.05, 0.1) is 10.6 Å². The summed E-state index contributed by atoms with van der Waals surface area (Å²) in [4.78, 5) is 15.2. The van der Waals surface area contributed by atoms with Crippen molar-refractivity contribution in [1.82, 2.24) is 10.2 Å². The minimum Gasteiger partial charge on any atom is -0.355 e. The number of hydrogen-bond acceptors (Lipinski definition) is 5. The zero-order valence-electron chi connectivity index (χ0n) is 15.3. The zero-order valence-corrected chi connectivity index (χ0v) is 16.1. The van der Waals surface area contributed by atoms with Crippen LogP contribution < -0.4 is 10.2 Å². The summed E-state index contributed by atoms with van der Waals surface area (Å²) >= 11 is 1.43. The van der Waals surface area contributed by atoms with E-state index in [-0.39, 0.29) is 5.91 Å². The number of amides is 1. The van der Waals surface area contributed by atoms with Crippen LogP contribution in [0.3, 0.4) is 0 Å². The summed E-state index contributed by atoms with van der Waals surface area (Å²) in [6, 6.07) is 15.4. The average Bonchev–Trinajstić information content (AvgIpc) is 3.24. The van der Waals surface area contributed by atoms with Gasteiger partial charge in [0, 0.05) is 24.3 Å². The topological polar surface area (TPSA) is 58.1 Å². The molecule has 2 aromatic heterocycles. The molecule has 1 aromatic carbocycles. The average molecular weight is 379 g/mol. The molecular formula is C21H22N4OS. The van der Waals surface area contributed by atoms with Crippen LogP contribution in [0.4, 0.5) is 11.5 Å². The number of carbonyl (C=O) groups is 1. The lowest BCUT2D eigenvalue weighted by atomic mass is 9.99. The summed E-state index contributed by atoms with van der Waals surface area (Å²) in [5.41, 5.74) is 2.49. The Bertz CT molecular complexity index is 900. The van der Waals surface area contributed by atoms with E-state index in [1.807, 2.05) is 53.9 Å². The lowest BCUT2D eigenvalue weighted by Gasteiger charge is -2.30. The van der Waals surface area contributed by atoms with Crippen LogP contribution in [-0.4, -0.2) is 29.2 Å². The van der Waals surface area contributed by atoms with Crippen LogP contribution >= 0.6 is 11.3 Å². The lowest BCUT2D eigenvalue weighted by molar-refractivity contribution is 0.103. The van der Waals surface area contributed by atoms with Gasteiger partial charge in [-0.05, 0) is 54.5 Å². The third-order valence-corrected chi connectivity index (χ3v) is 5.79. The van der Waals surface area contributed by atoms with E-state index in [0.29, 0.717) is 4.88 Å². The molecule has 1 aliphatic heterocycles. The predicted octanol–water partition coefficient (Wildman–Crippen LogP) is 4.69. The largest absolute Gasteiger partial charge is 0.355 e. The maximum atomic E-state index is 12.2. The molecule has 6 heteroatoms. The number of thiophene rings is 1. The van der Waals surface area contributed by atoms with Crippen LogP contribution in [0.1, 0.15) is 29.4 Å². The SMILES string of the molecule is CC1CCN(c2ccc(-c3cccc(NC(=O)c4cccs4)c3)nn2)CC1. The van der Waals surface area contributed by atoms with Crippen molar-refractivity contribution in [2.75, 3.05) is 23.3 Å². The molecule has 0 unspecified atom stereocenters. The molecule has 0 radical (unpaired) electrons. The highest BCUT2D eigenvalue weighted by atomic mass is 32.1. The summed E-state index contributed by atoms with van der Waals surface area (Å²) in [6.07, 6.45) is 2.41. The van der Waals surface area contributed by atoms with E-state index in [1.54, 1.807) is 0 Å². The van der Waals surface area contributed by atoms with E-state index in [4.69, 9.17) is 0 Å². The number of benzene rings is 1. The summed E-state index contributed by atoms with van der Waals surface area (Å²) in [5, 5.41) is 13.7. The van der Waals surface area contributed by atoms with E-state index < -0.39 is 0 Å². The summed E-state index contributed by atoms with van der Waals surface area (Å²) in [5.74, 6) is 1.64. The Labute approximate surface area is 163 Å². The molecule has 1 fully saturated rings. The standard InChI is InChI=1S/C21H22N4OS/c1-15-9-11-25(12-10-15)20-8-7-18(23-24-20)16-4-2-5-17(14-16)22-21(26)19-6-3-13-27-19/h2-8,13-15H,9-12H2,1H3,(H,22,26). The molecule has 0 atom stereocenters. The van der Waals surface area contributed by atoms with E-state index in [1.165, 1.54) is 24.2 Å². The Morgan fingerprint density at radius 2 is 1.96 bits per heavy atom. The van der Waals surface area contributed by atoms with Gasteiger partial charge in [0.2, 0.25) is 0 Å². The second-order valence-corrected chi connectivity index (χ2v) is 7.91. The minimum absolute atomic E-state index is 0.0945. The number of nitrogens with one attached hydrogen (secondary N) is 1. The van der Waals surface area contributed by atoms with Gasteiger partial charge in [-0.1, -0.05) is 25.1 Å². The highest BCUT2D eigenvalue weighted by molar-refractivity contribution is 7.12. The van der Waals surface area contributed by atoms with Gasteiger partial charge >= 0.3 is 0 Å². The van der Waals surface area contributed by atoms with Crippen molar-refractivity contribution in [3.05, 3.63) is 58.8 Å². The molecule has 1 saturated heterocycles. The first-order chi connectivity index (χ1) is 13.2. The fourth-order valence-corrected chi connectivity index (χ4v) is 3.86. The molecule has 0 aliphatic carbocycles. The van der Waals surface area contributed by atoms with Gasteiger partial charge in [0.1, 0.15) is 0 Å². The van der Waals surface area contributed by atoms with Crippen LogP contribution in [0.25, 0.3) is 11.3 Å². The Kier molecular flexibility index (Phi) is 5.16. The fraction of sp³-hybridized carbons (Fsp3) is 0.286. The first-order valence-electron chi connectivity index (χ1n) is 9.23. The van der Waals surface area contributed by atoms with Gasteiger partial charge in [-0.3, -0.25) is 4.79 Å². The van der Waals surface area contributed by atoms with E-state index in [9.17, 15) is 4.79 Å². The Balaban J connectivity index is 1.47.